The van der Waals surface area contributed by atoms with Crippen LogP contribution in [-0.2, 0) is 6.42 Å². The fourth-order valence-corrected chi connectivity index (χ4v) is 4.80. The van der Waals surface area contributed by atoms with E-state index in [2.05, 4.69) is 66.0 Å². The van der Waals surface area contributed by atoms with Gasteiger partial charge in [0.1, 0.15) is 23.7 Å². The molecule has 1 atom stereocenters. The van der Waals surface area contributed by atoms with Crippen LogP contribution in [0.1, 0.15) is 60.6 Å². The third-order valence-corrected chi connectivity index (χ3v) is 7.47. The van der Waals surface area contributed by atoms with Crippen LogP contribution in [0, 0.1) is 27.7 Å². The molecule has 0 fully saturated rings. The second kappa shape index (κ2) is 9.62. The molecule has 2 aromatic carbocycles. The molecule has 0 aliphatic carbocycles. The molecule has 1 aliphatic rings. The average Bonchev–Trinajstić information content (AvgIpc) is 2.75. The predicted octanol–water partition coefficient (Wildman–Crippen LogP) is 8.27. The molecule has 1 heterocycles. The molecule has 0 spiro atoms. The number of thioether (sulfide) groups is 1. The van der Waals surface area contributed by atoms with E-state index in [1.165, 1.54) is 27.8 Å². The Morgan fingerprint density at radius 3 is 2.25 bits per heavy atom. The number of ether oxygens (including phenoxy) is 2. The molecule has 0 radical (unpaired) electrons. The summed E-state index contributed by atoms with van der Waals surface area (Å²) in [7, 11) is 0. The van der Waals surface area contributed by atoms with Crippen LogP contribution < -0.4 is 9.47 Å². The highest BCUT2D eigenvalue weighted by Gasteiger charge is 2.35. The Balaban J connectivity index is 1.71. The van der Waals surface area contributed by atoms with Gasteiger partial charge in [-0.1, -0.05) is 37.1 Å². The Bertz CT molecular complexity index is 1080. The fraction of sp³-hybridized carbons (Fsp3) is 0.379. The van der Waals surface area contributed by atoms with E-state index < -0.39 is 0 Å². The highest BCUT2D eigenvalue weighted by atomic mass is 32.2. The topological polar surface area (TPSA) is 18.5 Å². The number of hydrogen-bond acceptors (Lipinski definition) is 3. The summed E-state index contributed by atoms with van der Waals surface area (Å²) >= 11 is 1.65. The van der Waals surface area contributed by atoms with Gasteiger partial charge < -0.3 is 9.47 Å². The molecule has 0 amide bonds. The van der Waals surface area contributed by atoms with Gasteiger partial charge in [0, 0.05) is 4.91 Å². The highest BCUT2D eigenvalue weighted by Crippen LogP contribution is 2.41. The van der Waals surface area contributed by atoms with Crippen molar-refractivity contribution in [3.05, 3.63) is 86.2 Å². The molecule has 1 unspecified atom stereocenters. The Morgan fingerprint density at radius 2 is 1.66 bits per heavy atom. The van der Waals surface area contributed by atoms with E-state index in [9.17, 15) is 0 Å². The maximum atomic E-state index is 6.57. The molecule has 3 heteroatoms. The van der Waals surface area contributed by atoms with Crippen molar-refractivity contribution in [2.75, 3.05) is 6.61 Å². The zero-order valence-electron chi connectivity index (χ0n) is 20.6. The minimum Gasteiger partial charge on any atom is -0.489 e. The smallest absolute Gasteiger partial charge is 0.140 e. The van der Waals surface area contributed by atoms with E-state index in [4.69, 9.17) is 9.47 Å². The summed E-state index contributed by atoms with van der Waals surface area (Å²) in [5.41, 5.74) is 8.52. The Kier molecular flexibility index (Phi) is 7.29. The molecule has 0 saturated carbocycles. The first-order valence-electron chi connectivity index (χ1n) is 11.2. The van der Waals surface area contributed by atoms with E-state index in [1.807, 2.05) is 26.0 Å². The fourth-order valence-electron chi connectivity index (χ4n) is 4.06. The number of rotatable bonds is 7. The van der Waals surface area contributed by atoms with Crippen LogP contribution in [0.15, 0.2) is 52.8 Å². The lowest BCUT2D eigenvalue weighted by Gasteiger charge is -2.38. The molecular weight excluding hydrogens is 412 g/mol. The van der Waals surface area contributed by atoms with Gasteiger partial charge in [-0.2, -0.15) is 0 Å². The monoisotopic (exact) mass is 448 g/mol. The van der Waals surface area contributed by atoms with Crippen molar-refractivity contribution in [2.24, 2.45) is 0 Å². The Morgan fingerprint density at radius 1 is 1.03 bits per heavy atom. The van der Waals surface area contributed by atoms with Gasteiger partial charge in [0.05, 0.1) is 0 Å². The molecule has 0 aromatic heterocycles. The lowest BCUT2D eigenvalue weighted by atomic mass is 9.85. The Hall–Kier alpha value is -2.39. The Labute approximate surface area is 198 Å². The van der Waals surface area contributed by atoms with Crippen LogP contribution in [0.4, 0.5) is 0 Å². The van der Waals surface area contributed by atoms with Crippen LogP contribution in [0.3, 0.4) is 0 Å². The number of fused-ring (bicyclic) bond motifs is 1. The maximum Gasteiger partial charge on any atom is 0.140 e. The second-order valence-corrected chi connectivity index (χ2v) is 10.7. The van der Waals surface area contributed by atoms with Gasteiger partial charge in [-0.25, -0.2) is 0 Å². The summed E-state index contributed by atoms with van der Waals surface area (Å²) in [5.74, 6) is 1.92. The number of allylic oxidation sites excluding steroid dienone is 2. The SMILES string of the molecule is C=C(C)S/C(=C\c1ccc(OCC2(C)CCc3c(C)c(C)c(C)c(C)c3O2)cc1)C(=C)C. The van der Waals surface area contributed by atoms with E-state index in [0.717, 1.165) is 45.3 Å². The van der Waals surface area contributed by atoms with Crippen LogP contribution in [0.2, 0.25) is 0 Å². The van der Waals surface area contributed by atoms with Crippen molar-refractivity contribution >= 4 is 17.8 Å². The number of hydrogen-bond donors (Lipinski definition) is 0. The molecule has 3 rings (SSSR count). The van der Waals surface area contributed by atoms with Gasteiger partial charge in [0.15, 0.2) is 0 Å². The van der Waals surface area contributed by atoms with Crippen molar-refractivity contribution in [3.63, 3.8) is 0 Å². The summed E-state index contributed by atoms with van der Waals surface area (Å²) in [6.45, 7) is 23.6. The van der Waals surface area contributed by atoms with E-state index in [1.54, 1.807) is 11.8 Å². The van der Waals surface area contributed by atoms with Crippen molar-refractivity contribution in [1.29, 1.82) is 0 Å². The van der Waals surface area contributed by atoms with Crippen LogP contribution in [0.5, 0.6) is 11.5 Å². The van der Waals surface area contributed by atoms with Crippen LogP contribution in [0.25, 0.3) is 6.08 Å². The summed E-state index contributed by atoms with van der Waals surface area (Å²) < 4.78 is 12.8. The van der Waals surface area contributed by atoms with Crippen LogP contribution >= 0.6 is 11.8 Å². The predicted molar refractivity (Wildman–Crippen MR) is 140 cm³/mol. The zero-order chi connectivity index (χ0) is 23.6. The first-order chi connectivity index (χ1) is 15.0. The van der Waals surface area contributed by atoms with E-state index in [-0.39, 0.29) is 5.60 Å². The third-order valence-electron chi connectivity index (χ3n) is 6.43. The normalized spacial score (nSPS) is 18.0. The minimum absolute atomic E-state index is 0.338. The van der Waals surface area contributed by atoms with Crippen LogP contribution in [-0.4, -0.2) is 12.2 Å². The molecule has 0 saturated heterocycles. The van der Waals surface area contributed by atoms with Crippen molar-refractivity contribution in [3.8, 4) is 11.5 Å². The molecule has 1 aliphatic heterocycles. The molecule has 32 heavy (non-hydrogen) atoms. The maximum absolute atomic E-state index is 6.57. The van der Waals surface area contributed by atoms with Crippen molar-refractivity contribution in [1.82, 2.24) is 0 Å². The summed E-state index contributed by atoms with van der Waals surface area (Å²) in [5, 5.41) is 0. The standard InChI is InChI=1S/C29H36O2S/c1-18(2)27(32-19(3)4)16-24-10-12-25(13-11-24)30-17-29(9)15-14-26-22(7)20(5)21(6)23(8)28(26)31-29/h10-13,16H,1,3,14-15,17H2,2,4-9H3/b27-16-. The summed E-state index contributed by atoms with van der Waals surface area (Å²) in [4.78, 5) is 2.18. The van der Waals surface area contributed by atoms with E-state index in [0.29, 0.717) is 6.61 Å². The van der Waals surface area contributed by atoms with Gasteiger partial charge in [-0.05, 0) is 123 Å². The molecule has 2 nitrogen and oxygen atoms in total. The number of benzene rings is 2. The molecule has 170 valence electrons. The lowest BCUT2D eigenvalue weighted by Crippen LogP contribution is -2.42. The van der Waals surface area contributed by atoms with Gasteiger partial charge in [-0.15, -0.1) is 0 Å². The molecule has 0 bridgehead atoms. The lowest BCUT2D eigenvalue weighted by molar-refractivity contribution is 0.0167. The summed E-state index contributed by atoms with van der Waals surface area (Å²) in [6, 6.07) is 8.21. The largest absolute Gasteiger partial charge is 0.489 e. The average molecular weight is 449 g/mol. The minimum atomic E-state index is -0.338. The summed E-state index contributed by atoms with van der Waals surface area (Å²) in [6.07, 6.45) is 4.11. The van der Waals surface area contributed by atoms with E-state index >= 15 is 0 Å². The van der Waals surface area contributed by atoms with Crippen molar-refractivity contribution in [2.45, 2.75) is 66.9 Å². The van der Waals surface area contributed by atoms with Crippen molar-refractivity contribution < 1.29 is 9.47 Å². The quantitative estimate of drug-likeness (QED) is 0.397. The molecular formula is C29H36O2S. The molecule has 0 N–H and O–H groups in total. The second-order valence-electron chi connectivity index (χ2n) is 9.31. The van der Waals surface area contributed by atoms with Gasteiger partial charge in [0.25, 0.3) is 0 Å². The third kappa shape index (κ3) is 5.32. The molecule has 2 aromatic rings. The highest BCUT2D eigenvalue weighted by molar-refractivity contribution is 8.07. The zero-order valence-corrected chi connectivity index (χ0v) is 21.5. The van der Waals surface area contributed by atoms with Gasteiger partial charge >= 0.3 is 0 Å². The van der Waals surface area contributed by atoms with Gasteiger partial charge in [0.2, 0.25) is 0 Å². The first kappa shape index (κ1) is 24.3. The van der Waals surface area contributed by atoms with Gasteiger partial charge in [-0.3, -0.25) is 0 Å². The first-order valence-corrected chi connectivity index (χ1v) is 12.0.